The third kappa shape index (κ3) is 4.24. The van der Waals surface area contributed by atoms with E-state index in [1.54, 1.807) is 6.07 Å². The molecular formula is C18H22F3N3O2. The molecule has 1 aliphatic rings. The fraction of sp³-hybridized carbons (Fsp3) is 0.556. The molecule has 3 rings (SSSR count). The molecule has 1 atom stereocenters. The minimum atomic E-state index is -4.40. The topological polar surface area (TPSA) is 51.4 Å². The number of likely N-dealkylation sites (tertiary alicyclic amines) is 1. The Kier molecular flexibility index (Phi) is 5.62. The fourth-order valence-corrected chi connectivity index (χ4v) is 3.18. The van der Waals surface area contributed by atoms with Crippen molar-refractivity contribution in [3.63, 3.8) is 0 Å². The van der Waals surface area contributed by atoms with Gasteiger partial charge < -0.3 is 9.26 Å². The Morgan fingerprint density at radius 2 is 2.04 bits per heavy atom. The van der Waals surface area contributed by atoms with Crippen molar-refractivity contribution in [3.8, 4) is 11.4 Å². The van der Waals surface area contributed by atoms with Gasteiger partial charge in [-0.25, -0.2) is 0 Å². The molecule has 2 heterocycles. The van der Waals surface area contributed by atoms with Gasteiger partial charge in [-0.3, -0.25) is 4.90 Å². The molecule has 0 aliphatic carbocycles. The van der Waals surface area contributed by atoms with Crippen LogP contribution in [0, 0.1) is 0 Å². The largest absolute Gasteiger partial charge is 0.416 e. The van der Waals surface area contributed by atoms with E-state index in [1.807, 2.05) is 13.8 Å². The first-order chi connectivity index (χ1) is 12.4. The minimum Gasteiger partial charge on any atom is -0.378 e. The molecule has 26 heavy (non-hydrogen) atoms. The summed E-state index contributed by atoms with van der Waals surface area (Å²) in [6, 6.07) is 4.85. The molecule has 1 aromatic carbocycles. The van der Waals surface area contributed by atoms with Gasteiger partial charge in [0, 0.05) is 25.3 Å². The molecule has 1 saturated heterocycles. The summed E-state index contributed by atoms with van der Waals surface area (Å²) < 4.78 is 49.6. The Labute approximate surface area is 150 Å². The number of benzene rings is 1. The smallest absolute Gasteiger partial charge is 0.378 e. The fourth-order valence-electron chi connectivity index (χ4n) is 3.18. The molecule has 1 aliphatic heterocycles. The highest BCUT2D eigenvalue weighted by molar-refractivity contribution is 5.55. The molecular weight excluding hydrogens is 347 g/mol. The summed E-state index contributed by atoms with van der Waals surface area (Å²) in [5, 5.41) is 3.87. The summed E-state index contributed by atoms with van der Waals surface area (Å²) in [4.78, 5) is 6.54. The third-order valence-corrected chi connectivity index (χ3v) is 4.67. The lowest BCUT2D eigenvalue weighted by atomic mass is 10.1. The molecule has 2 aromatic rings. The predicted molar refractivity (Wildman–Crippen MR) is 89.4 cm³/mol. The SMILES string of the molecule is CCOC1CCN(C(C)c2nc(-c3cccc(C(F)(F)F)c3)no2)CC1. The molecule has 8 heteroatoms. The Balaban J connectivity index is 1.70. The normalized spacial score (nSPS) is 18.2. The maximum Gasteiger partial charge on any atom is 0.416 e. The van der Waals surface area contributed by atoms with Crippen molar-refractivity contribution in [2.75, 3.05) is 19.7 Å². The standard InChI is InChI=1S/C18H22F3N3O2/c1-3-25-15-7-9-24(10-8-15)12(2)17-22-16(23-26-17)13-5-4-6-14(11-13)18(19,20)21/h4-6,11-12,15H,3,7-10H2,1-2H3. The highest BCUT2D eigenvalue weighted by Gasteiger charge is 2.31. The van der Waals surface area contributed by atoms with Gasteiger partial charge in [-0.15, -0.1) is 0 Å². The maximum atomic E-state index is 12.9. The van der Waals surface area contributed by atoms with Crippen LogP contribution in [-0.4, -0.2) is 40.8 Å². The van der Waals surface area contributed by atoms with Gasteiger partial charge in [-0.1, -0.05) is 17.3 Å². The Bertz CT molecular complexity index is 724. The quantitative estimate of drug-likeness (QED) is 0.786. The van der Waals surface area contributed by atoms with Crippen LogP contribution >= 0.6 is 0 Å². The highest BCUT2D eigenvalue weighted by Crippen LogP contribution is 2.32. The van der Waals surface area contributed by atoms with Gasteiger partial charge in [0.05, 0.1) is 17.7 Å². The molecule has 142 valence electrons. The van der Waals surface area contributed by atoms with E-state index in [0.29, 0.717) is 12.5 Å². The second kappa shape index (κ2) is 7.75. The van der Waals surface area contributed by atoms with E-state index in [1.165, 1.54) is 6.07 Å². The van der Waals surface area contributed by atoms with Crippen molar-refractivity contribution in [2.24, 2.45) is 0 Å². The van der Waals surface area contributed by atoms with Crippen LogP contribution in [0.2, 0.25) is 0 Å². The van der Waals surface area contributed by atoms with Gasteiger partial charge in [-0.2, -0.15) is 18.2 Å². The summed E-state index contributed by atoms with van der Waals surface area (Å²) in [7, 11) is 0. The molecule has 0 amide bonds. The van der Waals surface area contributed by atoms with Gasteiger partial charge in [0.25, 0.3) is 0 Å². The molecule has 1 aromatic heterocycles. The van der Waals surface area contributed by atoms with Crippen molar-refractivity contribution in [1.82, 2.24) is 15.0 Å². The van der Waals surface area contributed by atoms with Crippen LogP contribution in [0.1, 0.15) is 44.2 Å². The first-order valence-corrected chi connectivity index (χ1v) is 8.75. The van der Waals surface area contributed by atoms with E-state index < -0.39 is 11.7 Å². The number of rotatable bonds is 5. The van der Waals surface area contributed by atoms with Gasteiger partial charge in [0.1, 0.15) is 0 Å². The molecule has 1 fully saturated rings. The van der Waals surface area contributed by atoms with Crippen molar-refractivity contribution >= 4 is 0 Å². The summed E-state index contributed by atoms with van der Waals surface area (Å²) in [5.74, 6) is 0.578. The molecule has 5 nitrogen and oxygen atoms in total. The molecule has 0 bridgehead atoms. The zero-order chi connectivity index (χ0) is 18.7. The number of hydrogen-bond donors (Lipinski definition) is 0. The summed E-state index contributed by atoms with van der Waals surface area (Å²) in [6.07, 6.45) is -2.24. The van der Waals surface area contributed by atoms with Crippen LogP contribution in [0.4, 0.5) is 13.2 Å². The second-order valence-electron chi connectivity index (χ2n) is 6.40. The van der Waals surface area contributed by atoms with Crippen LogP contribution in [-0.2, 0) is 10.9 Å². The number of aromatic nitrogens is 2. The number of piperidine rings is 1. The van der Waals surface area contributed by atoms with Crippen molar-refractivity contribution in [3.05, 3.63) is 35.7 Å². The van der Waals surface area contributed by atoms with Crippen molar-refractivity contribution < 1.29 is 22.4 Å². The number of hydrogen-bond acceptors (Lipinski definition) is 5. The highest BCUT2D eigenvalue weighted by atomic mass is 19.4. The van der Waals surface area contributed by atoms with Gasteiger partial charge in [0.2, 0.25) is 11.7 Å². The first-order valence-electron chi connectivity index (χ1n) is 8.75. The zero-order valence-corrected chi connectivity index (χ0v) is 14.8. The lowest BCUT2D eigenvalue weighted by Gasteiger charge is -2.34. The van der Waals surface area contributed by atoms with Crippen molar-refractivity contribution in [1.29, 1.82) is 0 Å². The molecule has 0 N–H and O–H groups in total. The number of nitrogens with zero attached hydrogens (tertiary/aromatic N) is 3. The van der Waals surface area contributed by atoms with E-state index in [9.17, 15) is 13.2 Å². The van der Waals surface area contributed by atoms with Crippen LogP contribution < -0.4 is 0 Å². The van der Waals surface area contributed by atoms with E-state index in [2.05, 4.69) is 15.0 Å². The first kappa shape index (κ1) is 18.8. The van der Waals surface area contributed by atoms with E-state index in [-0.39, 0.29) is 23.5 Å². The Morgan fingerprint density at radius 1 is 1.31 bits per heavy atom. The molecule has 1 unspecified atom stereocenters. The van der Waals surface area contributed by atoms with Crippen LogP contribution in [0.15, 0.2) is 28.8 Å². The maximum absolute atomic E-state index is 12.9. The van der Waals surface area contributed by atoms with Gasteiger partial charge in [-0.05, 0) is 38.8 Å². The van der Waals surface area contributed by atoms with Crippen LogP contribution in [0.25, 0.3) is 11.4 Å². The number of alkyl halides is 3. The lowest BCUT2D eigenvalue weighted by Crippen LogP contribution is -2.38. The van der Waals surface area contributed by atoms with Gasteiger partial charge in [0.15, 0.2) is 0 Å². The predicted octanol–water partition coefficient (Wildman–Crippen LogP) is 4.32. The average molecular weight is 369 g/mol. The minimum absolute atomic E-state index is 0.0929. The summed E-state index contributed by atoms with van der Waals surface area (Å²) in [6.45, 7) is 6.37. The molecule has 0 saturated carbocycles. The average Bonchev–Trinajstić information content (AvgIpc) is 3.12. The lowest BCUT2D eigenvalue weighted by molar-refractivity contribution is -0.137. The third-order valence-electron chi connectivity index (χ3n) is 4.67. The second-order valence-corrected chi connectivity index (χ2v) is 6.40. The van der Waals surface area contributed by atoms with Crippen LogP contribution in [0.3, 0.4) is 0 Å². The van der Waals surface area contributed by atoms with Crippen molar-refractivity contribution in [2.45, 2.75) is 45.0 Å². The monoisotopic (exact) mass is 369 g/mol. The Morgan fingerprint density at radius 3 is 2.69 bits per heavy atom. The van der Waals surface area contributed by atoms with E-state index >= 15 is 0 Å². The van der Waals surface area contributed by atoms with E-state index in [0.717, 1.165) is 38.1 Å². The summed E-state index contributed by atoms with van der Waals surface area (Å²) in [5.41, 5.74) is -0.440. The molecule has 0 spiro atoms. The summed E-state index contributed by atoms with van der Waals surface area (Å²) >= 11 is 0. The Hall–Kier alpha value is -1.93. The van der Waals surface area contributed by atoms with Crippen LogP contribution in [0.5, 0.6) is 0 Å². The zero-order valence-electron chi connectivity index (χ0n) is 14.8. The van der Waals surface area contributed by atoms with E-state index in [4.69, 9.17) is 9.26 Å². The molecule has 0 radical (unpaired) electrons. The van der Waals surface area contributed by atoms with Gasteiger partial charge >= 0.3 is 6.18 Å². The number of halogens is 3. The number of ether oxygens (including phenoxy) is 1.